The molecule has 0 spiro atoms. The highest BCUT2D eigenvalue weighted by Gasteiger charge is 2.25. The Labute approximate surface area is 148 Å². The van der Waals surface area contributed by atoms with E-state index >= 15 is 0 Å². The molecule has 122 valence electrons. The van der Waals surface area contributed by atoms with Crippen LogP contribution in [0.25, 0.3) is 10.2 Å². The van der Waals surface area contributed by atoms with E-state index < -0.39 is 0 Å². The van der Waals surface area contributed by atoms with Crippen LogP contribution in [0.2, 0.25) is 5.02 Å². The molecule has 3 nitrogen and oxygen atoms in total. The third kappa shape index (κ3) is 2.39. The first-order valence-electron chi connectivity index (χ1n) is 7.66. The van der Waals surface area contributed by atoms with E-state index in [1.54, 1.807) is 23.5 Å². The number of halogens is 2. The Bertz CT molecular complexity index is 994. The summed E-state index contributed by atoms with van der Waals surface area (Å²) >= 11 is 7.97. The molecule has 3 aromatic rings. The highest BCUT2D eigenvalue weighted by atomic mass is 35.5. The van der Waals surface area contributed by atoms with E-state index in [-0.39, 0.29) is 5.82 Å². The molecule has 0 saturated heterocycles. The first kappa shape index (κ1) is 15.5. The van der Waals surface area contributed by atoms with Crippen LogP contribution in [0, 0.1) is 19.7 Å². The molecule has 6 heteroatoms. The maximum atomic E-state index is 13.8. The second kappa shape index (κ2) is 5.83. The van der Waals surface area contributed by atoms with Gasteiger partial charge in [0.05, 0.1) is 22.1 Å². The molecule has 0 fully saturated rings. The molecule has 1 aliphatic heterocycles. The Hall–Kier alpha value is -1.98. The lowest BCUT2D eigenvalue weighted by Crippen LogP contribution is -2.22. The molecule has 0 aliphatic carbocycles. The molecule has 2 aromatic heterocycles. The van der Waals surface area contributed by atoms with Crippen LogP contribution in [0.4, 0.5) is 4.39 Å². The SMILES string of the molecule is Cc1nc2sc3c(c2c(C)c1Cl)CN=C3NCc1ccccc1F. The standard InChI is InChI=1S/C18H15ClFN3S/c1-9-14-12-8-22-17(21-7-11-5-3-4-6-13(11)20)16(12)24-18(14)23-10(2)15(9)19/h3-6H,7-8H2,1-2H3,(H,21,22). The molecule has 0 atom stereocenters. The third-order valence-electron chi connectivity index (χ3n) is 4.29. The van der Waals surface area contributed by atoms with Crippen molar-refractivity contribution in [2.75, 3.05) is 0 Å². The fourth-order valence-corrected chi connectivity index (χ4v) is 4.44. The number of amidine groups is 1. The van der Waals surface area contributed by atoms with Crippen LogP contribution in [0.15, 0.2) is 29.3 Å². The van der Waals surface area contributed by atoms with Crippen molar-refractivity contribution in [2.45, 2.75) is 26.9 Å². The summed E-state index contributed by atoms with van der Waals surface area (Å²) in [5.41, 5.74) is 3.70. The molecule has 0 radical (unpaired) electrons. The molecule has 24 heavy (non-hydrogen) atoms. The van der Waals surface area contributed by atoms with Gasteiger partial charge in [0.2, 0.25) is 0 Å². The number of aryl methyl sites for hydroxylation is 2. The van der Waals surface area contributed by atoms with Gasteiger partial charge >= 0.3 is 0 Å². The van der Waals surface area contributed by atoms with Crippen molar-refractivity contribution in [2.24, 2.45) is 4.99 Å². The molecular formula is C18H15ClFN3S. The van der Waals surface area contributed by atoms with Gasteiger partial charge in [-0.05, 0) is 25.5 Å². The van der Waals surface area contributed by atoms with Crippen molar-refractivity contribution in [1.82, 2.24) is 10.3 Å². The Morgan fingerprint density at radius 1 is 1.29 bits per heavy atom. The van der Waals surface area contributed by atoms with Crippen LogP contribution >= 0.6 is 22.9 Å². The normalized spacial score (nSPS) is 13.2. The summed E-state index contributed by atoms with van der Waals surface area (Å²) in [4.78, 5) is 11.3. The fraction of sp³-hybridized carbons (Fsp3) is 0.222. The lowest BCUT2D eigenvalue weighted by Gasteiger charge is -2.06. The van der Waals surface area contributed by atoms with Gasteiger partial charge in [-0.3, -0.25) is 4.99 Å². The first-order valence-corrected chi connectivity index (χ1v) is 8.86. The smallest absolute Gasteiger partial charge is 0.139 e. The minimum atomic E-state index is -0.208. The summed E-state index contributed by atoms with van der Waals surface area (Å²) in [6.07, 6.45) is 0. The van der Waals surface area contributed by atoms with E-state index in [2.05, 4.69) is 15.3 Å². The highest BCUT2D eigenvalue weighted by molar-refractivity contribution is 7.20. The number of pyridine rings is 1. The van der Waals surface area contributed by atoms with Gasteiger partial charge in [0.1, 0.15) is 16.5 Å². The van der Waals surface area contributed by atoms with Crippen LogP contribution in [0.3, 0.4) is 0 Å². The predicted molar refractivity (Wildman–Crippen MR) is 97.6 cm³/mol. The topological polar surface area (TPSA) is 37.3 Å². The molecule has 1 aromatic carbocycles. The second-order valence-electron chi connectivity index (χ2n) is 5.84. The summed E-state index contributed by atoms with van der Waals surface area (Å²) < 4.78 is 13.8. The largest absolute Gasteiger partial charge is 0.365 e. The number of benzene rings is 1. The second-order valence-corrected chi connectivity index (χ2v) is 7.21. The van der Waals surface area contributed by atoms with E-state index in [0.717, 1.165) is 42.8 Å². The zero-order valence-electron chi connectivity index (χ0n) is 13.3. The van der Waals surface area contributed by atoms with Gasteiger partial charge in [-0.15, -0.1) is 11.3 Å². The quantitative estimate of drug-likeness (QED) is 0.716. The van der Waals surface area contributed by atoms with Crippen molar-refractivity contribution in [3.63, 3.8) is 0 Å². The lowest BCUT2D eigenvalue weighted by atomic mass is 10.1. The van der Waals surface area contributed by atoms with Crippen molar-refractivity contribution in [3.05, 3.63) is 62.4 Å². The van der Waals surface area contributed by atoms with E-state index in [0.29, 0.717) is 18.7 Å². The maximum Gasteiger partial charge on any atom is 0.139 e. The summed E-state index contributed by atoms with van der Waals surface area (Å²) in [7, 11) is 0. The number of aliphatic imine (C=N–C) groups is 1. The van der Waals surface area contributed by atoms with Crippen LogP contribution in [-0.4, -0.2) is 10.8 Å². The number of hydrogen-bond acceptors (Lipinski definition) is 4. The van der Waals surface area contributed by atoms with E-state index in [1.807, 2.05) is 19.9 Å². The number of nitrogens with zero attached hydrogens (tertiary/aromatic N) is 2. The van der Waals surface area contributed by atoms with Gasteiger partial charge in [-0.1, -0.05) is 29.8 Å². The minimum Gasteiger partial charge on any atom is -0.365 e. The molecule has 0 amide bonds. The van der Waals surface area contributed by atoms with Gasteiger partial charge in [0.25, 0.3) is 0 Å². The highest BCUT2D eigenvalue weighted by Crippen LogP contribution is 2.39. The molecule has 0 saturated carbocycles. The fourth-order valence-electron chi connectivity index (χ4n) is 3.03. The monoisotopic (exact) mass is 359 g/mol. The molecule has 1 aliphatic rings. The lowest BCUT2D eigenvalue weighted by molar-refractivity contribution is 0.606. The van der Waals surface area contributed by atoms with Crippen LogP contribution in [0.1, 0.15) is 27.3 Å². The number of thiophene rings is 1. The number of hydrogen-bond donors (Lipinski definition) is 1. The van der Waals surface area contributed by atoms with Crippen molar-refractivity contribution < 1.29 is 4.39 Å². The van der Waals surface area contributed by atoms with Crippen LogP contribution < -0.4 is 5.32 Å². The van der Waals surface area contributed by atoms with Gasteiger partial charge < -0.3 is 5.32 Å². The van der Waals surface area contributed by atoms with Gasteiger partial charge in [0, 0.05) is 23.1 Å². The van der Waals surface area contributed by atoms with Crippen molar-refractivity contribution in [1.29, 1.82) is 0 Å². The molecule has 1 N–H and O–H groups in total. The van der Waals surface area contributed by atoms with E-state index in [1.165, 1.54) is 6.07 Å². The summed E-state index contributed by atoms with van der Waals surface area (Å²) in [5.74, 6) is 0.601. The zero-order valence-corrected chi connectivity index (χ0v) is 14.9. The zero-order chi connectivity index (χ0) is 16.8. The number of aromatic nitrogens is 1. The van der Waals surface area contributed by atoms with Gasteiger partial charge in [0.15, 0.2) is 0 Å². The first-order chi connectivity index (χ1) is 11.6. The van der Waals surface area contributed by atoms with Gasteiger partial charge in [-0.25, -0.2) is 9.37 Å². The van der Waals surface area contributed by atoms with E-state index in [4.69, 9.17) is 11.6 Å². The average Bonchev–Trinajstić information content (AvgIpc) is 3.11. The number of fused-ring (bicyclic) bond motifs is 3. The number of rotatable bonds is 2. The minimum absolute atomic E-state index is 0.208. The van der Waals surface area contributed by atoms with Crippen LogP contribution in [-0.2, 0) is 13.1 Å². The Morgan fingerprint density at radius 3 is 2.88 bits per heavy atom. The molecule has 0 bridgehead atoms. The summed E-state index contributed by atoms with van der Waals surface area (Å²) in [6, 6.07) is 6.77. The maximum absolute atomic E-state index is 13.8. The van der Waals surface area contributed by atoms with E-state index in [9.17, 15) is 4.39 Å². The van der Waals surface area contributed by atoms with Crippen molar-refractivity contribution in [3.8, 4) is 0 Å². The van der Waals surface area contributed by atoms with Crippen LogP contribution in [0.5, 0.6) is 0 Å². The summed E-state index contributed by atoms with van der Waals surface area (Å²) in [5, 5.41) is 5.09. The third-order valence-corrected chi connectivity index (χ3v) is 5.98. The Morgan fingerprint density at radius 2 is 2.08 bits per heavy atom. The molecule has 4 rings (SSSR count). The Kier molecular flexibility index (Phi) is 3.77. The average molecular weight is 360 g/mol. The summed E-state index contributed by atoms with van der Waals surface area (Å²) in [6.45, 7) is 4.96. The molecular weight excluding hydrogens is 345 g/mol. The predicted octanol–water partition coefficient (Wildman–Crippen LogP) is 4.76. The Balaban J connectivity index is 1.68. The molecule has 3 heterocycles. The molecule has 0 unspecified atom stereocenters. The number of nitrogens with one attached hydrogen (secondary N) is 1. The van der Waals surface area contributed by atoms with Gasteiger partial charge in [-0.2, -0.15) is 0 Å². The van der Waals surface area contributed by atoms with Crippen molar-refractivity contribution >= 4 is 39.0 Å².